The third-order valence-corrected chi connectivity index (χ3v) is 8.03. The maximum atomic E-state index is 17.5. The zero-order chi connectivity index (χ0) is 20.1. The molecule has 0 radical (unpaired) electrons. The lowest BCUT2D eigenvalue weighted by molar-refractivity contribution is -0.250. The van der Waals surface area contributed by atoms with E-state index >= 15 is 4.39 Å². The summed E-state index contributed by atoms with van der Waals surface area (Å²) in [7, 11) is 0. The lowest BCUT2D eigenvalue weighted by atomic mass is 9.53. The Hall–Kier alpha value is -0.600. The number of alkyl halides is 2. The summed E-state index contributed by atoms with van der Waals surface area (Å²) >= 11 is 7.25. The minimum atomic E-state index is -1.83. The van der Waals surface area contributed by atoms with Gasteiger partial charge in [-0.1, -0.05) is 82.2 Å². The summed E-state index contributed by atoms with van der Waals surface area (Å²) in [5.74, 6) is -1.53. The van der Waals surface area contributed by atoms with E-state index in [2.05, 4.69) is 19.1 Å². The van der Waals surface area contributed by atoms with Gasteiger partial charge >= 0.3 is 0 Å². The van der Waals surface area contributed by atoms with Gasteiger partial charge in [0.25, 0.3) is 0 Å². The maximum absolute atomic E-state index is 17.5. The number of rotatable bonds is 8. The second-order valence-electron chi connectivity index (χ2n) is 8.98. The van der Waals surface area contributed by atoms with Crippen molar-refractivity contribution in [1.82, 2.24) is 0 Å². The van der Waals surface area contributed by atoms with E-state index in [0.717, 1.165) is 50.5 Å². The van der Waals surface area contributed by atoms with Crippen molar-refractivity contribution in [2.75, 3.05) is 6.61 Å². The summed E-state index contributed by atoms with van der Waals surface area (Å²) in [5.41, 5.74) is 0.453. The van der Waals surface area contributed by atoms with Gasteiger partial charge in [-0.2, -0.15) is 0 Å². The smallest absolute Gasteiger partial charge is 0.238 e. The van der Waals surface area contributed by atoms with Gasteiger partial charge in [0, 0.05) is 6.61 Å². The Morgan fingerprint density at radius 1 is 1.00 bits per heavy atom. The molecule has 28 heavy (non-hydrogen) atoms. The van der Waals surface area contributed by atoms with Crippen LogP contribution in [0.4, 0.5) is 4.39 Å². The van der Waals surface area contributed by atoms with Gasteiger partial charge in [0.1, 0.15) is 4.87 Å². The van der Waals surface area contributed by atoms with Crippen LogP contribution < -0.4 is 0 Å². The first-order chi connectivity index (χ1) is 13.5. The maximum Gasteiger partial charge on any atom is 0.238 e. The van der Waals surface area contributed by atoms with Gasteiger partial charge in [-0.05, 0) is 50.5 Å². The highest BCUT2D eigenvalue weighted by Crippen LogP contribution is 2.63. The summed E-state index contributed by atoms with van der Waals surface area (Å²) in [6, 6.07) is 10.4. The predicted octanol–water partition coefficient (Wildman–Crippen LogP) is 7.95. The van der Waals surface area contributed by atoms with Crippen LogP contribution in [0.2, 0.25) is 0 Å². The van der Waals surface area contributed by atoms with Crippen LogP contribution in [-0.4, -0.2) is 17.3 Å². The third kappa shape index (κ3) is 3.76. The normalized spacial score (nSPS) is 34.4. The molecule has 0 amide bonds. The molecule has 3 heteroatoms. The van der Waals surface area contributed by atoms with E-state index in [9.17, 15) is 0 Å². The van der Waals surface area contributed by atoms with E-state index in [1.165, 1.54) is 19.3 Å². The minimum absolute atomic E-state index is 0.296. The van der Waals surface area contributed by atoms with Gasteiger partial charge < -0.3 is 4.74 Å². The summed E-state index contributed by atoms with van der Waals surface area (Å²) in [6.45, 7) is 4.46. The lowest BCUT2D eigenvalue weighted by Gasteiger charge is -2.59. The van der Waals surface area contributed by atoms with Crippen molar-refractivity contribution >= 4 is 11.6 Å². The molecule has 0 aromatic heterocycles. The fourth-order valence-electron chi connectivity index (χ4n) is 6.13. The van der Waals surface area contributed by atoms with Crippen LogP contribution in [0.15, 0.2) is 30.3 Å². The number of hydrogen-bond donors (Lipinski definition) is 0. The van der Waals surface area contributed by atoms with Crippen LogP contribution in [-0.2, 0) is 10.2 Å². The molecule has 0 heterocycles. The van der Waals surface area contributed by atoms with Crippen LogP contribution in [0, 0.1) is 5.92 Å². The van der Waals surface area contributed by atoms with Crippen LogP contribution in [0.3, 0.4) is 0 Å². The standard InChI is InChI=1S/C25H38ClFO/c1-3-5-12-18-23(26)19-13-20-24(25(23,27)28-4-2,21-14-8-6-9-15-21)22-16-10-7-11-17-22/h6,8-9,14-15,22H,3-5,7,10-13,16-20H2,1-2H3. The van der Waals surface area contributed by atoms with Gasteiger partial charge in [0.05, 0.1) is 5.41 Å². The van der Waals surface area contributed by atoms with Crippen molar-refractivity contribution < 1.29 is 9.13 Å². The number of halogens is 2. The third-order valence-electron chi connectivity index (χ3n) is 7.41. The molecule has 0 N–H and O–H groups in total. The molecule has 1 aromatic rings. The van der Waals surface area contributed by atoms with Crippen molar-refractivity contribution in [3.05, 3.63) is 35.9 Å². The summed E-state index contributed by atoms with van der Waals surface area (Å²) in [5, 5.41) is 0. The van der Waals surface area contributed by atoms with Crippen molar-refractivity contribution in [3.8, 4) is 0 Å². The second-order valence-corrected chi connectivity index (χ2v) is 9.70. The Morgan fingerprint density at radius 3 is 2.36 bits per heavy atom. The Bertz CT molecular complexity index is 602. The Balaban J connectivity index is 2.11. The Kier molecular flexibility index (Phi) is 7.48. The van der Waals surface area contributed by atoms with Gasteiger partial charge in [0.15, 0.2) is 0 Å². The zero-order valence-electron chi connectivity index (χ0n) is 17.8. The highest BCUT2D eigenvalue weighted by Gasteiger charge is 2.69. The highest BCUT2D eigenvalue weighted by atomic mass is 35.5. The fraction of sp³-hybridized carbons (Fsp3) is 0.760. The van der Waals surface area contributed by atoms with Crippen LogP contribution in [0.1, 0.15) is 96.5 Å². The first kappa shape index (κ1) is 22.1. The molecule has 0 aliphatic heterocycles. The SMILES string of the molecule is CCCCCC1(Cl)CCCC(c2ccccc2)(C2CCCCC2)C1(F)OCC. The quantitative estimate of drug-likeness (QED) is 0.313. The Morgan fingerprint density at radius 2 is 1.71 bits per heavy atom. The zero-order valence-corrected chi connectivity index (χ0v) is 18.6. The average molecular weight is 409 g/mol. The van der Waals surface area contributed by atoms with E-state index < -0.39 is 16.1 Å². The average Bonchev–Trinajstić information content (AvgIpc) is 2.72. The number of ether oxygens (including phenoxy) is 1. The second kappa shape index (κ2) is 9.47. The first-order valence-electron chi connectivity index (χ1n) is 11.6. The molecule has 3 unspecified atom stereocenters. The molecular formula is C25H38ClFO. The monoisotopic (exact) mass is 408 g/mol. The van der Waals surface area contributed by atoms with Crippen molar-refractivity contribution in [2.45, 2.75) is 107 Å². The number of hydrogen-bond acceptors (Lipinski definition) is 1. The van der Waals surface area contributed by atoms with E-state index in [0.29, 0.717) is 25.4 Å². The summed E-state index contributed by atoms with van der Waals surface area (Å²) < 4.78 is 23.6. The molecule has 3 atom stereocenters. The molecule has 1 aromatic carbocycles. The topological polar surface area (TPSA) is 9.23 Å². The van der Waals surface area contributed by atoms with E-state index in [4.69, 9.17) is 16.3 Å². The van der Waals surface area contributed by atoms with Crippen molar-refractivity contribution in [3.63, 3.8) is 0 Å². The molecule has 2 saturated carbocycles. The summed E-state index contributed by atoms with van der Waals surface area (Å²) in [4.78, 5) is -0.941. The molecule has 3 rings (SSSR count). The van der Waals surface area contributed by atoms with Gasteiger partial charge in [-0.25, -0.2) is 4.39 Å². The van der Waals surface area contributed by atoms with E-state index in [-0.39, 0.29) is 0 Å². The molecule has 2 aliphatic rings. The van der Waals surface area contributed by atoms with E-state index in [1.807, 2.05) is 25.1 Å². The largest absolute Gasteiger partial charge is 0.344 e. The molecule has 158 valence electrons. The molecular weight excluding hydrogens is 371 g/mol. The van der Waals surface area contributed by atoms with Crippen molar-refractivity contribution in [1.29, 1.82) is 0 Å². The van der Waals surface area contributed by atoms with Crippen LogP contribution >= 0.6 is 11.6 Å². The van der Waals surface area contributed by atoms with Gasteiger partial charge in [-0.15, -0.1) is 11.6 Å². The molecule has 0 saturated heterocycles. The highest BCUT2D eigenvalue weighted by molar-refractivity contribution is 6.25. The minimum Gasteiger partial charge on any atom is -0.344 e. The number of benzene rings is 1. The molecule has 0 bridgehead atoms. The fourth-order valence-corrected chi connectivity index (χ4v) is 6.62. The lowest BCUT2D eigenvalue weighted by Crippen LogP contribution is -2.67. The Labute approximate surface area is 176 Å². The van der Waals surface area contributed by atoms with Gasteiger partial charge in [0.2, 0.25) is 5.85 Å². The predicted molar refractivity (Wildman–Crippen MR) is 117 cm³/mol. The first-order valence-corrected chi connectivity index (χ1v) is 12.0. The molecule has 0 spiro atoms. The van der Waals surface area contributed by atoms with Gasteiger partial charge in [-0.3, -0.25) is 0 Å². The molecule has 1 nitrogen and oxygen atoms in total. The number of unbranched alkanes of at least 4 members (excludes halogenated alkanes) is 2. The molecule has 2 aliphatic carbocycles. The van der Waals surface area contributed by atoms with Crippen molar-refractivity contribution in [2.24, 2.45) is 5.92 Å². The van der Waals surface area contributed by atoms with Crippen LogP contribution in [0.5, 0.6) is 0 Å². The summed E-state index contributed by atoms with van der Waals surface area (Å²) in [6.07, 6.45) is 12.2. The van der Waals surface area contributed by atoms with Crippen LogP contribution in [0.25, 0.3) is 0 Å². The van der Waals surface area contributed by atoms with E-state index in [1.54, 1.807) is 0 Å². The molecule has 2 fully saturated rings.